The summed E-state index contributed by atoms with van der Waals surface area (Å²) in [6.45, 7) is 1.78. The minimum absolute atomic E-state index is 0.0669. The number of thiazole rings is 1. The summed E-state index contributed by atoms with van der Waals surface area (Å²) >= 11 is 8.00. The molecule has 4 aromatic rings. The number of methoxy groups -OCH3 is 1. The predicted octanol–water partition coefficient (Wildman–Crippen LogP) is 5.71. The van der Waals surface area contributed by atoms with E-state index in [1.165, 1.54) is 41.5 Å². The first-order chi connectivity index (χ1) is 24.6. The molecule has 2 fully saturated rings. The summed E-state index contributed by atoms with van der Waals surface area (Å²) < 4.78 is 40.2. The van der Waals surface area contributed by atoms with Gasteiger partial charge in [0.05, 0.1) is 30.0 Å². The van der Waals surface area contributed by atoms with Crippen LogP contribution in [0.15, 0.2) is 88.5 Å². The lowest BCUT2D eigenvalue weighted by atomic mass is 9.95. The van der Waals surface area contributed by atoms with Crippen molar-refractivity contribution in [3.8, 4) is 11.5 Å². The Labute approximate surface area is 299 Å². The molecule has 0 unspecified atom stereocenters. The van der Waals surface area contributed by atoms with Crippen molar-refractivity contribution in [1.29, 1.82) is 0 Å². The van der Waals surface area contributed by atoms with Crippen LogP contribution in [0.5, 0.6) is 11.5 Å². The number of carboxylic acid groups (broad SMARTS) is 1. The van der Waals surface area contributed by atoms with Gasteiger partial charge >= 0.3 is 18.0 Å². The van der Waals surface area contributed by atoms with E-state index in [-0.39, 0.29) is 41.4 Å². The molecule has 12 nitrogen and oxygen atoms in total. The number of aromatic nitrogens is 1. The van der Waals surface area contributed by atoms with Crippen LogP contribution in [0.4, 0.5) is 19.3 Å². The van der Waals surface area contributed by atoms with Gasteiger partial charge in [-0.25, -0.2) is 28.1 Å². The number of nitrogens with zero attached hydrogens (tertiary/aromatic N) is 5. The number of urea groups is 1. The van der Waals surface area contributed by atoms with Crippen molar-refractivity contribution in [2.75, 3.05) is 44.7 Å². The highest BCUT2D eigenvalue weighted by atomic mass is 35.5. The largest absolute Gasteiger partial charge is 0.478 e. The Balaban J connectivity index is 1.12. The number of carbonyl (C=O) groups excluding carboxylic acids is 2. The molecule has 3 aliphatic rings. The highest BCUT2D eigenvalue weighted by Crippen LogP contribution is 2.37. The number of carbonyl (C=O) groups is 3. The molecule has 3 aromatic carbocycles. The third-order valence-electron chi connectivity index (χ3n) is 8.76. The minimum Gasteiger partial charge on any atom is -0.478 e. The van der Waals surface area contributed by atoms with Gasteiger partial charge in [0, 0.05) is 72.7 Å². The Bertz CT molecular complexity index is 2100. The Morgan fingerprint density at radius 1 is 1.10 bits per heavy atom. The first-order valence-electron chi connectivity index (χ1n) is 15.7. The van der Waals surface area contributed by atoms with Crippen LogP contribution < -0.4 is 15.0 Å². The molecular formula is C35H29ClF2N6O6S. The zero-order valence-electron chi connectivity index (χ0n) is 26.9. The average Bonchev–Trinajstić information content (AvgIpc) is 3.77. The molecule has 4 heterocycles. The Kier molecular flexibility index (Phi) is 9.42. The molecule has 2 N–H and O–H groups in total. The maximum absolute atomic E-state index is 14.8. The number of halogens is 3. The standard InChI is InChI=1S/C35H29ClF2N6O6S/c1-49-34(47)29-27(40-31(32-39-8-11-51-32)41-30(29)24-4-2-3-5-25(24)36)18-42-9-10-43-22(16-42)17-44(35(43)48)21-13-20(37)14-23(15-21)50-28-7-6-19(33(45)46)12-26(28)38/h2-8,11-15,22,30H,9-10,16-18H2,1H3,(H,40,41)(H,45,46)/t22-,30-/m0/s1. The van der Waals surface area contributed by atoms with E-state index >= 15 is 0 Å². The first-order valence-corrected chi connectivity index (χ1v) is 17.0. The van der Waals surface area contributed by atoms with Crippen molar-refractivity contribution in [2.45, 2.75) is 12.1 Å². The van der Waals surface area contributed by atoms with Crippen molar-refractivity contribution < 1.29 is 37.7 Å². The SMILES string of the molecule is COC(=O)C1=C(CN2CCN3C(=O)N(c4cc(F)cc(Oc5ccc(C(=O)O)cc5F)c4)C[C@@H]3C2)NC(c2nccs2)=N[C@H]1c1ccccc1Cl. The van der Waals surface area contributed by atoms with Crippen LogP contribution in [0, 0.1) is 11.6 Å². The van der Waals surface area contributed by atoms with E-state index in [9.17, 15) is 23.2 Å². The van der Waals surface area contributed by atoms with E-state index in [2.05, 4.69) is 15.2 Å². The molecule has 3 aliphatic heterocycles. The number of fused-ring (bicyclic) bond motifs is 1. The summed E-state index contributed by atoms with van der Waals surface area (Å²) in [4.78, 5) is 52.7. The first kappa shape index (κ1) is 34.1. The number of amidine groups is 1. The Morgan fingerprint density at radius 3 is 2.65 bits per heavy atom. The molecule has 0 saturated carbocycles. The molecule has 0 radical (unpaired) electrons. The van der Waals surface area contributed by atoms with E-state index in [0.717, 1.165) is 18.2 Å². The summed E-state index contributed by atoms with van der Waals surface area (Å²) in [5, 5.41) is 15.3. The van der Waals surface area contributed by atoms with Crippen molar-refractivity contribution in [2.24, 2.45) is 4.99 Å². The third-order valence-corrected chi connectivity index (χ3v) is 9.88. The molecule has 2 saturated heterocycles. The summed E-state index contributed by atoms with van der Waals surface area (Å²) in [6.07, 6.45) is 1.67. The lowest BCUT2D eigenvalue weighted by Crippen LogP contribution is -2.53. The number of esters is 1. The molecule has 51 heavy (non-hydrogen) atoms. The van der Waals surface area contributed by atoms with Crippen LogP contribution in [0.1, 0.15) is 27.0 Å². The second-order valence-electron chi connectivity index (χ2n) is 11.9. The van der Waals surface area contributed by atoms with Gasteiger partial charge in [0.15, 0.2) is 22.4 Å². The van der Waals surface area contributed by atoms with Crippen molar-refractivity contribution in [1.82, 2.24) is 20.1 Å². The van der Waals surface area contributed by atoms with Crippen LogP contribution in [0.3, 0.4) is 0 Å². The summed E-state index contributed by atoms with van der Waals surface area (Å²) in [7, 11) is 1.31. The lowest BCUT2D eigenvalue weighted by molar-refractivity contribution is -0.136. The summed E-state index contributed by atoms with van der Waals surface area (Å²) in [6, 6.07) is 12.6. The van der Waals surface area contributed by atoms with Crippen LogP contribution >= 0.6 is 22.9 Å². The third kappa shape index (κ3) is 6.87. The molecule has 2 atom stereocenters. The number of piperazine rings is 1. The zero-order chi connectivity index (χ0) is 35.8. The highest BCUT2D eigenvalue weighted by molar-refractivity contribution is 7.11. The number of aliphatic imine (C=N–C) groups is 1. The monoisotopic (exact) mass is 734 g/mol. The smallest absolute Gasteiger partial charge is 0.338 e. The Hall–Kier alpha value is -5.38. The summed E-state index contributed by atoms with van der Waals surface area (Å²) in [5.41, 5.74) is 1.46. The van der Waals surface area contributed by atoms with Gasteiger partial charge < -0.3 is 24.8 Å². The number of carboxylic acids is 1. The quantitative estimate of drug-likeness (QED) is 0.207. The van der Waals surface area contributed by atoms with Crippen molar-refractivity contribution in [3.05, 3.63) is 116 Å². The van der Waals surface area contributed by atoms with E-state index in [4.69, 9.17) is 31.2 Å². The van der Waals surface area contributed by atoms with Gasteiger partial charge in [-0.3, -0.25) is 14.8 Å². The molecule has 0 bridgehead atoms. The number of ether oxygens (including phenoxy) is 2. The topological polar surface area (TPSA) is 137 Å². The highest BCUT2D eigenvalue weighted by Gasteiger charge is 2.42. The number of anilines is 1. The predicted molar refractivity (Wildman–Crippen MR) is 185 cm³/mol. The maximum Gasteiger partial charge on any atom is 0.338 e. The van der Waals surface area contributed by atoms with Crippen LogP contribution in [-0.4, -0.2) is 89.6 Å². The van der Waals surface area contributed by atoms with Crippen LogP contribution in [-0.2, 0) is 9.53 Å². The van der Waals surface area contributed by atoms with Crippen LogP contribution in [0.25, 0.3) is 0 Å². The van der Waals surface area contributed by atoms with E-state index in [0.29, 0.717) is 58.9 Å². The van der Waals surface area contributed by atoms with Gasteiger partial charge in [-0.15, -0.1) is 11.3 Å². The molecule has 2 amide bonds. The van der Waals surface area contributed by atoms with Gasteiger partial charge in [0.25, 0.3) is 0 Å². The molecule has 16 heteroatoms. The lowest BCUT2D eigenvalue weighted by Gasteiger charge is -2.38. The zero-order valence-corrected chi connectivity index (χ0v) is 28.5. The molecule has 262 valence electrons. The van der Waals surface area contributed by atoms with Crippen molar-refractivity contribution in [3.63, 3.8) is 0 Å². The fraction of sp³-hybridized carbons (Fsp3) is 0.229. The van der Waals surface area contributed by atoms with Gasteiger partial charge in [-0.2, -0.15) is 0 Å². The average molecular weight is 735 g/mol. The number of amides is 2. The fourth-order valence-electron chi connectivity index (χ4n) is 6.40. The van der Waals surface area contributed by atoms with Gasteiger partial charge in [-0.05, 0) is 30.3 Å². The van der Waals surface area contributed by atoms with Crippen molar-refractivity contribution >= 4 is 52.4 Å². The van der Waals surface area contributed by atoms with Crippen LogP contribution in [0.2, 0.25) is 5.02 Å². The molecule has 1 aromatic heterocycles. The van der Waals surface area contributed by atoms with Gasteiger partial charge in [0.1, 0.15) is 17.6 Å². The fourth-order valence-corrected chi connectivity index (χ4v) is 7.23. The van der Waals surface area contributed by atoms with E-state index in [1.807, 2.05) is 17.5 Å². The number of benzene rings is 3. The molecule has 0 spiro atoms. The number of aromatic carboxylic acids is 1. The maximum atomic E-state index is 14.8. The van der Waals surface area contributed by atoms with Gasteiger partial charge in [0.2, 0.25) is 0 Å². The molecule has 7 rings (SSSR count). The second kappa shape index (κ2) is 14.1. The van der Waals surface area contributed by atoms with E-state index in [1.54, 1.807) is 23.2 Å². The second-order valence-corrected chi connectivity index (χ2v) is 13.2. The summed E-state index contributed by atoms with van der Waals surface area (Å²) in [5.74, 6) is -3.39. The number of hydrogen-bond donors (Lipinski definition) is 2. The Morgan fingerprint density at radius 2 is 1.92 bits per heavy atom. The molecular weight excluding hydrogens is 706 g/mol. The molecule has 0 aliphatic carbocycles. The van der Waals surface area contributed by atoms with E-state index < -0.39 is 29.6 Å². The number of hydrogen-bond acceptors (Lipinski definition) is 10. The number of rotatable bonds is 9. The minimum atomic E-state index is -1.30. The normalized spacial score (nSPS) is 19.1. The number of nitrogens with one attached hydrogen (secondary N) is 1. The van der Waals surface area contributed by atoms with Gasteiger partial charge in [-0.1, -0.05) is 29.8 Å².